The Hall–Kier alpha value is -1.53. The SMILES string of the molecule is COc1ccc(NC(=S)N2C[C@@H](C)O[C@@H](C)C2)cc1OC. The van der Waals surface area contributed by atoms with Crippen LogP contribution in [0.1, 0.15) is 13.8 Å². The van der Waals surface area contributed by atoms with Crippen molar-refractivity contribution in [3.8, 4) is 11.5 Å². The van der Waals surface area contributed by atoms with Gasteiger partial charge < -0.3 is 24.4 Å². The number of ether oxygens (including phenoxy) is 3. The van der Waals surface area contributed by atoms with Gasteiger partial charge in [-0.3, -0.25) is 0 Å². The van der Waals surface area contributed by atoms with E-state index in [-0.39, 0.29) is 12.2 Å². The van der Waals surface area contributed by atoms with Crippen LogP contribution in [0.15, 0.2) is 18.2 Å². The second-order valence-corrected chi connectivity index (χ2v) is 5.55. The Balaban J connectivity index is 2.05. The average Bonchev–Trinajstić information content (AvgIpc) is 2.46. The summed E-state index contributed by atoms with van der Waals surface area (Å²) in [5, 5.41) is 3.94. The Bertz CT molecular complexity index is 500. The van der Waals surface area contributed by atoms with Gasteiger partial charge in [0.05, 0.1) is 26.4 Å². The molecule has 1 aromatic carbocycles. The van der Waals surface area contributed by atoms with E-state index in [4.69, 9.17) is 26.4 Å². The van der Waals surface area contributed by atoms with Gasteiger partial charge in [0.25, 0.3) is 0 Å². The number of hydrogen-bond acceptors (Lipinski definition) is 4. The fourth-order valence-electron chi connectivity index (χ4n) is 2.46. The molecule has 1 aromatic rings. The van der Waals surface area contributed by atoms with E-state index < -0.39 is 0 Å². The van der Waals surface area contributed by atoms with Crippen molar-refractivity contribution in [2.45, 2.75) is 26.1 Å². The predicted molar refractivity (Wildman–Crippen MR) is 87.3 cm³/mol. The Labute approximate surface area is 131 Å². The van der Waals surface area contributed by atoms with Crippen molar-refractivity contribution in [2.75, 3.05) is 32.6 Å². The molecule has 0 bridgehead atoms. The highest BCUT2D eigenvalue weighted by Crippen LogP contribution is 2.30. The molecule has 2 atom stereocenters. The van der Waals surface area contributed by atoms with E-state index in [1.54, 1.807) is 14.2 Å². The van der Waals surface area contributed by atoms with E-state index in [1.165, 1.54) is 0 Å². The lowest BCUT2D eigenvalue weighted by Crippen LogP contribution is -2.49. The van der Waals surface area contributed by atoms with E-state index in [9.17, 15) is 0 Å². The molecule has 2 rings (SSSR count). The van der Waals surface area contributed by atoms with E-state index in [2.05, 4.69) is 24.1 Å². The summed E-state index contributed by atoms with van der Waals surface area (Å²) in [6.45, 7) is 5.70. The Morgan fingerprint density at radius 3 is 2.38 bits per heavy atom. The predicted octanol–water partition coefficient (Wildman–Crippen LogP) is 2.51. The quantitative estimate of drug-likeness (QED) is 0.865. The number of rotatable bonds is 3. The third-order valence-corrected chi connectivity index (χ3v) is 3.70. The van der Waals surface area contributed by atoms with Gasteiger partial charge >= 0.3 is 0 Å². The van der Waals surface area contributed by atoms with E-state index in [0.29, 0.717) is 16.6 Å². The van der Waals surface area contributed by atoms with Crippen molar-refractivity contribution in [1.29, 1.82) is 0 Å². The molecule has 0 aliphatic carbocycles. The van der Waals surface area contributed by atoms with Crippen molar-refractivity contribution in [2.24, 2.45) is 0 Å². The summed E-state index contributed by atoms with van der Waals surface area (Å²) in [5.74, 6) is 1.37. The summed E-state index contributed by atoms with van der Waals surface area (Å²) < 4.78 is 16.2. The molecule has 1 N–H and O–H groups in total. The number of anilines is 1. The zero-order valence-corrected chi connectivity index (χ0v) is 13.7. The van der Waals surface area contributed by atoms with Crippen molar-refractivity contribution in [1.82, 2.24) is 4.90 Å². The minimum atomic E-state index is 0.180. The molecule has 1 heterocycles. The minimum Gasteiger partial charge on any atom is -0.493 e. The van der Waals surface area contributed by atoms with Crippen LogP contribution in [0.4, 0.5) is 5.69 Å². The maximum atomic E-state index is 5.72. The fourth-order valence-corrected chi connectivity index (χ4v) is 2.73. The summed E-state index contributed by atoms with van der Waals surface area (Å²) in [7, 11) is 3.23. The van der Waals surface area contributed by atoms with Crippen LogP contribution >= 0.6 is 12.2 Å². The third-order valence-electron chi connectivity index (χ3n) is 3.34. The summed E-state index contributed by atoms with van der Waals surface area (Å²) in [6.07, 6.45) is 0.359. The number of nitrogens with zero attached hydrogens (tertiary/aromatic N) is 1. The summed E-state index contributed by atoms with van der Waals surface area (Å²) in [4.78, 5) is 2.13. The molecule has 0 unspecified atom stereocenters. The molecule has 0 spiro atoms. The largest absolute Gasteiger partial charge is 0.493 e. The highest BCUT2D eigenvalue weighted by atomic mass is 32.1. The zero-order valence-electron chi connectivity index (χ0n) is 12.9. The molecule has 21 heavy (non-hydrogen) atoms. The normalized spacial score (nSPS) is 21.8. The van der Waals surface area contributed by atoms with E-state index >= 15 is 0 Å². The smallest absolute Gasteiger partial charge is 0.173 e. The molecular formula is C15H22N2O3S. The lowest BCUT2D eigenvalue weighted by Gasteiger charge is -2.36. The average molecular weight is 310 g/mol. The first-order valence-corrected chi connectivity index (χ1v) is 7.37. The lowest BCUT2D eigenvalue weighted by molar-refractivity contribution is -0.0473. The van der Waals surface area contributed by atoms with Crippen LogP contribution in [0.25, 0.3) is 0 Å². The monoisotopic (exact) mass is 310 g/mol. The second-order valence-electron chi connectivity index (χ2n) is 5.16. The van der Waals surface area contributed by atoms with E-state index in [0.717, 1.165) is 18.8 Å². The number of morpholine rings is 1. The van der Waals surface area contributed by atoms with Crippen molar-refractivity contribution in [3.05, 3.63) is 18.2 Å². The van der Waals surface area contributed by atoms with Gasteiger partial charge in [-0.1, -0.05) is 0 Å². The van der Waals surface area contributed by atoms with Gasteiger partial charge in [-0.05, 0) is 38.2 Å². The first kappa shape index (κ1) is 15.9. The van der Waals surface area contributed by atoms with Crippen molar-refractivity contribution >= 4 is 23.0 Å². The van der Waals surface area contributed by atoms with Gasteiger partial charge in [-0.2, -0.15) is 0 Å². The van der Waals surface area contributed by atoms with E-state index in [1.807, 2.05) is 18.2 Å². The van der Waals surface area contributed by atoms with Crippen LogP contribution in [0.3, 0.4) is 0 Å². The van der Waals surface area contributed by atoms with Crippen LogP contribution in [0.2, 0.25) is 0 Å². The Morgan fingerprint density at radius 2 is 1.81 bits per heavy atom. The topological polar surface area (TPSA) is 43.0 Å². The molecule has 0 amide bonds. The molecule has 1 aliphatic rings. The first-order valence-electron chi connectivity index (χ1n) is 6.97. The first-order chi connectivity index (χ1) is 10.0. The molecule has 0 saturated carbocycles. The number of hydrogen-bond donors (Lipinski definition) is 1. The maximum absolute atomic E-state index is 5.72. The van der Waals surface area contributed by atoms with Gasteiger partial charge in [0.2, 0.25) is 0 Å². The molecule has 1 saturated heterocycles. The number of nitrogens with one attached hydrogen (secondary N) is 1. The van der Waals surface area contributed by atoms with Gasteiger partial charge in [0, 0.05) is 24.8 Å². The van der Waals surface area contributed by atoms with Crippen molar-refractivity contribution in [3.63, 3.8) is 0 Å². The standard InChI is InChI=1S/C15H22N2O3S/c1-10-8-17(9-11(2)20-10)15(21)16-12-5-6-13(18-3)14(7-12)19-4/h5-7,10-11H,8-9H2,1-4H3,(H,16,21)/t10-,11+. The van der Waals surface area contributed by atoms with Gasteiger partial charge in [0.15, 0.2) is 16.6 Å². The fraction of sp³-hybridized carbons (Fsp3) is 0.533. The third kappa shape index (κ3) is 3.98. The highest BCUT2D eigenvalue weighted by molar-refractivity contribution is 7.80. The molecule has 116 valence electrons. The number of thiocarbonyl (C=S) groups is 1. The molecule has 1 aliphatic heterocycles. The second kappa shape index (κ2) is 6.95. The van der Waals surface area contributed by atoms with Crippen molar-refractivity contribution < 1.29 is 14.2 Å². The number of methoxy groups -OCH3 is 2. The van der Waals surface area contributed by atoms with Crippen LogP contribution in [-0.4, -0.2) is 49.5 Å². The zero-order chi connectivity index (χ0) is 15.4. The van der Waals surface area contributed by atoms with Gasteiger partial charge in [-0.25, -0.2) is 0 Å². The highest BCUT2D eigenvalue weighted by Gasteiger charge is 2.24. The Kier molecular flexibility index (Phi) is 5.25. The van der Waals surface area contributed by atoms with Crippen LogP contribution < -0.4 is 14.8 Å². The molecular weight excluding hydrogens is 288 g/mol. The lowest BCUT2D eigenvalue weighted by atomic mass is 10.2. The molecule has 0 radical (unpaired) electrons. The molecule has 1 fully saturated rings. The van der Waals surface area contributed by atoms with Crippen LogP contribution in [-0.2, 0) is 4.74 Å². The van der Waals surface area contributed by atoms with Gasteiger partial charge in [-0.15, -0.1) is 0 Å². The summed E-state index contributed by atoms with van der Waals surface area (Å²) >= 11 is 5.49. The number of benzene rings is 1. The van der Waals surface area contributed by atoms with Crippen LogP contribution in [0, 0.1) is 0 Å². The maximum Gasteiger partial charge on any atom is 0.173 e. The summed E-state index contributed by atoms with van der Waals surface area (Å²) in [6, 6.07) is 5.65. The molecule has 0 aromatic heterocycles. The molecule has 6 heteroatoms. The minimum absolute atomic E-state index is 0.180. The Morgan fingerprint density at radius 1 is 1.19 bits per heavy atom. The molecule has 5 nitrogen and oxygen atoms in total. The van der Waals surface area contributed by atoms with Crippen LogP contribution in [0.5, 0.6) is 11.5 Å². The summed E-state index contributed by atoms with van der Waals surface area (Å²) in [5.41, 5.74) is 0.879. The van der Waals surface area contributed by atoms with Gasteiger partial charge in [0.1, 0.15) is 0 Å².